The lowest BCUT2D eigenvalue weighted by atomic mass is 9.86. The Bertz CT molecular complexity index is 441. The predicted molar refractivity (Wildman–Crippen MR) is 81.0 cm³/mol. The van der Waals surface area contributed by atoms with Gasteiger partial charge in [0.2, 0.25) is 0 Å². The fourth-order valence-electron chi connectivity index (χ4n) is 3.49. The van der Waals surface area contributed by atoms with Crippen LogP contribution in [-0.2, 0) is 4.74 Å². The maximum atomic E-state index is 10.4. The van der Waals surface area contributed by atoms with Gasteiger partial charge in [0.25, 0.3) is 0 Å². The zero-order chi connectivity index (χ0) is 14.7. The maximum absolute atomic E-state index is 10.4. The van der Waals surface area contributed by atoms with E-state index in [-0.39, 0.29) is 12.0 Å². The summed E-state index contributed by atoms with van der Waals surface area (Å²) >= 11 is 0. The number of aliphatic hydroxyl groups is 2. The normalized spacial score (nSPS) is 26.5. The molecule has 2 aliphatic heterocycles. The topological polar surface area (TPSA) is 52.9 Å². The van der Waals surface area contributed by atoms with E-state index in [1.165, 1.54) is 6.42 Å². The molecule has 0 saturated carbocycles. The first-order valence-corrected chi connectivity index (χ1v) is 7.88. The molecule has 2 fully saturated rings. The summed E-state index contributed by atoms with van der Waals surface area (Å²) < 4.78 is 5.29. The van der Waals surface area contributed by atoms with Gasteiger partial charge in [0, 0.05) is 12.6 Å². The van der Waals surface area contributed by atoms with Crippen molar-refractivity contribution in [3.05, 3.63) is 35.9 Å². The van der Waals surface area contributed by atoms with Crippen LogP contribution in [-0.4, -0.2) is 54.1 Å². The minimum Gasteiger partial charge on any atom is -0.396 e. The third-order valence-corrected chi connectivity index (χ3v) is 4.87. The Hall–Kier alpha value is -0.940. The first-order valence-electron chi connectivity index (χ1n) is 7.88. The molecule has 0 aliphatic carbocycles. The first-order chi connectivity index (χ1) is 10.2. The summed E-state index contributed by atoms with van der Waals surface area (Å²) in [6.07, 6.45) is 2.67. The molecule has 0 spiro atoms. The average Bonchev–Trinajstić information content (AvgIpc) is 2.90. The van der Waals surface area contributed by atoms with Crippen LogP contribution in [0.15, 0.2) is 30.3 Å². The third kappa shape index (κ3) is 3.29. The number of ether oxygens (including phenoxy) is 1. The van der Waals surface area contributed by atoms with E-state index in [0.29, 0.717) is 19.3 Å². The summed E-state index contributed by atoms with van der Waals surface area (Å²) in [6, 6.07) is 10.3. The summed E-state index contributed by atoms with van der Waals surface area (Å²) in [6.45, 7) is 3.46. The molecule has 21 heavy (non-hydrogen) atoms. The quantitative estimate of drug-likeness (QED) is 0.835. The minimum absolute atomic E-state index is 0.0692. The van der Waals surface area contributed by atoms with Gasteiger partial charge in [-0.05, 0) is 31.4 Å². The van der Waals surface area contributed by atoms with E-state index in [1.807, 2.05) is 30.3 Å². The van der Waals surface area contributed by atoms with E-state index in [9.17, 15) is 10.2 Å². The summed E-state index contributed by atoms with van der Waals surface area (Å²) in [5, 5.41) is 20.0. The number of aliphatic hydroxyl groups excluding tert-OH is 2. The smallest absolute Gasteiger partial charge is 0.0805 e. The number of likely N-dealkylation sites (tertiary alicyclic amines) is 1. The fraction of sp³-hybridized carbons (Fsp3) is 0.647. The first kappa shape index (κ1) is 15.0. The Balaban J connectivity index is 1.59. The number of hydrogen-bond donors (Lipinski definition) is 2. The van der Waals surface area contributed by atoms with Crippen LogP contribution in [0.3, 0.4) is 0 Å². The van der Waals surface area contributed by atoms with Crippen molar-refractivity contribution in [2.45, 2.75) is 31.4 Å². The van der Waals surface area contributed by atoms with Gasteiger partial charge in [-0.15, -0.1) is 0 Å². The van der Waals surface area contributed by atoms with E-state index < -0.39 is 6.10 Å². The molecule has 0 radical (unpaired) electrons. The van der Waals surface area contributed by atoms with Crippen LogP contribution in [0.5, 0.6) is 0 Å². The van der Waals surface area contributed by atoms with E-state index in [4.69, 9.17) is 4.74 Å². The Kier molecular flexibility index (Phi) is 4.60. The molecule has 4 nitrogen and oxygen atoms in total. The minimum atomic E-state index is -0.403. The van der Waals surface area contributed by atoms with Crippen molar-refractivity contribution in [3.63, 3.8) is 0 Å². The molecule has 116 valence electrons. The van der Waals surface area contributed by atoms with Crippen LogP contribution in [0.4, 0.5) is 0 Å². The van der Waals surface area contributed by atoms with Crippen molar-refractivity contribution in [3.8, 4) is 0 Å². The zero-order valence-corrected chi connectivity index (χ0v) is 12.4. The van der Waals surface area contributed by atoms with E-state index in [2.05, 4.69) is 4.90 Å². The molecule has 0 aromatic heterocycles. The second-order valence-corrected chi connectivity index (χ2v) is 6.58. The number of benzene rings is 1. The summed E-state index contributed by atoms with van der Waals surface area (Å²) in [7, 11) is 0. The molecule has 1 aromatic rings. The maximum Gasteiger partial charge on any atom is 0.0805 e. The molecule has 2 N–H and O–H groups in total. The van der Waals surface area contributed by atoms with Crippen LogP contribution in [0, 0.1) is 5.41 Å². The molecule has 2 aliphatic rings. The second kappa shape index (κ2) is 6.44. The summed E-state index contributed by atoms with van der Waals surface area (Å²) in [5.41, 5.74) is 0.925. The molecule has 3 rings (SSSR count). The highest BCUT2D eigenvalue weighted by atomic mass is 16.5. The van der Waals surface area contributed by atoms with Gasteiger partial charge in [-0.1, -0.05) is 30.3 Å². The Labute approximate surface area is 126 Å². The lowest BCUT2D eigenvalue weighted by Gasteiger charge is -2.44. The van der Waals surface area contributed by atoms with Gasteiger partial charge in [-0.2, -0.15) is 0 Å². The van der Waals surface area contributed by atoms with Gasteiger partial charge >= 0.3 is 0 Å². The molecule has 0 bridgehead atoms. The Morgan fingerprint density at radius 2 is 2.05 bits per heavy atom. The van der Waals surface area contributed by atoms with Crippen LogP contribution < -0.4 is 0 Å². The fourth-order valence-corrected chi connectivity index (χ4v) is 3.49. The van der Waals surface area contributed by atoms with E-state index in [1.54, 1.807) is 0 Å². The lowest BCUT2D eigenvalue weighted by molar-refractivity contribution is -0.150. The molecule has 4 heteroatoms. The van der Waals surface area contributed by atoms with Gasteiger partial charge < -0.3 is 14.9 Å². The Morgan fingerprint density at radius 3 is 2.67 bits per heavy atom. The number of hydrogen-bond acceptors (Lipinski definition) is 4. The highest BCUT2D eigenvalue weighted by Crippen LogP contribution is 2.33. The van der Waals surface area contributed by atoms with Crippen molar-refractivity contribution in [1.29, 1.82) is 0 Å². The molecular weight excluding hydrogens is 266 g/mol. The third-order valence-electron chi connectivity index (χ3n) is 4.87. The molecule has 2 saturated heterocycles. The monoisotopic (exact) mass is 291 g/mol. The van der Waals surface area contributed by atoms with Crippen LogP contribution >= 0.6 is 0 Å². The van der Waals surface area contributed by atoms with Gasteiger partial charge in [0.1, 0.15) is 0 Å². The molecular formula is C17H25NO3. The largest absolute Gasteiger partial charge is 0.396 e. The SMILES string of the molecule is OCC1(CN2CCCC2CC(O)c2ccccc2)COC1. The average molecular weight is 291 g/mol. The van der Waals surface area contributed by atoms with Crippen molar-refractivity contribution >= 4 is 0 Å². The number of nitrogens with zero attached hydrogens (tertiary/aromatic N) is 1. The van der Waals surface area contributed by atoms with Crippen LogP contribution in [0.2, 0.25) is 0 Å². The van der Waals surface area contributed by atoms with Crippen molar-refractivity contribution in [2.24, 2.45) is 5.41 Å². The predicted octanol–water partition coefficient (Wildman–Crippen LogP) is 1.58. The standard InChI is InChI=1S/C17H25NO3/c19-11-17(12-21-13-17)10-18-8-4-7-15(18)9-16(20)14-5-2-1-3-6-14/h1-3,5-6,15-16,19-20H,4,7-13H2. The highest BCUT2D eigenvalue weighted by molar-refractivity contribution is 5.17. The summed E-state index contributed by atoms with van der Waals surface area (Å²) in [5.74, 6) is 0. The van der Waals surface area contributed by atoms with E-state index >= 15 is 0 Å². The molecule has 2 heterocycles. The number of rotatable bonds is 6. The Morgan fingerprint density at radius 1 is 1.29 bits per heavy atom. The van der Waals surface area contributed by atoms with E-state index in [0.717, 1.165) is 31.5 Å². The molecule has 0 amide bonds. The van der Waals surface area contributed by atoms with Crippen LogP contribution in [0.25, 0.3) is 0 Å². The van der Waals surface area contributed by atoms with Gasteiger partial charge in [-0.25, -0.2) is 0 Å². The zero-order valence-electron chi connectivity index (χ0n) is 12.4. The summed E-state index contributed by atoms with van der Waals surface area (Å²) in [4.78, 5) is 2.44. The molecule has 2 atom stereocenters. The van der Waals surface area contributed by atoms with Crippen molar-refractivity contribution in [2.75, 3.05) is 32.9 Å². The molecule has 1 aromatic carbocycles. The lowest BCUT2D eigenvalue weighted by Crippen LogP contribution is -2.54. The highest BCUT2D eigenvalue weighted by Gasteiger charge is 2.42. The van der Waals surface area contributed by atoms with Gasteiger partial charge in [0.05, 0.1) is 31.3 Å². The van der Waals surface area contributed by atoms with Crippen molar-refractivity contribution in [1.82, 2.24) is 4.90 Å². The second-order valence-electron chi connectivity index (χ2n) is 6.58. The molecule has 2 unspecified atom stereocenters. The van der Waals surface area contributed by atoms with Gasteiger partial charge in [0.15, 0.2) is 0 Å². The van der Waals surface area contributed by atoms with Crippen LogP contribution in [0.1, 0.15) is 30.9 Å². The van der Waals surface area contributed by atoms with Gasteiger partial charge in [-0.3, -0.25) is 4.90 Å². The van der Waals surface area contributed by atoms with Crippen molar-refractivity contribution < 1.29 is 14.9 Å².